The summed E-state index contributed by atoms with van der Waals surface area (Å²) in [6.45, 7) is 10.3. The van der Waals surface area contributed by atoms with Crippen molar-refractivity contribution < 1.29 is 24.2 Å². The molecule has 1 aromatic carbocycles. The first-order chi connectivity index (χ1) is 17.9. The van der Waals surface area contributed by atoms with E-state index < -0.39 is 23.9 Å². The fraction of sp³-hybridized carbons (Fsp3) is 0.481. The Labute approximate surface area is 226 Å². The van der Waals surface area contributed by atoms with Gasteiger partial charge in [-0.2, -0.15) is 5.10 Å². The van der Waals surface area contributed by atoms with Crippen LogP contribution in [-0.2, 0) is 17.8 Å². The minimum atomic E-state index is -0.923. The molecule has 202 valence electrons. The number of aromatic nitrogens is 3. The lowest BCUT2D eigenvalue weighted by Crippen LogP contribution is -2.52. The van der Waals surface area contributed by atoms with Crippen LogP contribution in [0.25, 0.3) is 5.65 Å². The van der Waals surface area contributed by atoms with E-state index in [0.717, 1.165) is 22.6 Å². The second-order valence-electron chi connectivity index (χ2n) is 10.9. The van der Waals surface area contributed by atoms with Gasteiger partial charge in [0.2, 0.25) is 0 Å². The van der Waals surface area contributed by atoms with E-state index in [4.69, 9.17) is 21.1 Å². The summed E-state index contributed by atoms with van der Waals surface area (Å²) in [5, 5.41) is 16.0. The van der Waals surface area contributed by atoms with E-state index in [2.05, 4.69) is 10.1 Å². The number of amides is 2. The summed E-state index contributed by atoms with van der Waals surface area (Å²) in [6, 6.07) is 7.02. The van der Waals surface area contributed by atoms with Gasteiger partial charge in [0.1, 0.15) is 23.6 Å². The summed E-state index contributed by atoms with van der Waals surface area (Å²) in [5.74, 6) is 0.197. The number of carbonyl (C=O) groups excluding carboxylic acids is 2. The molecule has 0 aliphatic carbocycles. The molecule has 4 heterocycles. The van der Waals surface area contributed by atoms with Crippen molar-refractivity contribution in [1.82, 2.24) is 24.4 Å². The van der Waals surface area contributed by atoms with Crippen LogP contribution in [0.3, 0.4) is 0 Å². The average Bonchev–Trinajstić information content (AvgIpc) is 3.42. The van der Waals surface area contributed by atoms with Crippen LogP contribution in [-0.4, -0.2) is 72.4 Å². The van der Waals surface area contributed by atoms with Crippen LogP contribution in [0.2, 0.25) is 5.02 Å². The summed E-state index contributed by atoms with van der Waals surface area (Å²) in [5.41, 5.74) is 3.73. The summed E-state index contributed by atoms with van der Waals surface area (Å²) in [6.07, 6.45) is -1.55. The van der Waals surface area contributed by atoms with Crippen molar-refractivity contribution in [2.24, 2.45) is 0 Å². The van der Waals surface area contributed by atoms with Crippen molar-refractivity contribution in [2.75, 3.05) is 13.1 Å². The Balaban J connectivity index is 1.29. The minimum Gasteiger partial charge on any atom is -0.487 e. The summed E-state index contributed by atoms with van der Waals surface area (Å²) in [4.78, 5) is 33.8. The summed E-state index contributed by atoms with van der Waals surface area (Å²) < 4.78 is 13.3. The minimum absolute atomic E-state index is 0.0902. The number of carbonyl (C=O) groups is 2. The van der Waals surface area contributed by atoms with Gasteiger partial charge in [0.05, 0.1) is 47.3 Å². The summed E-state index contributed by atoms with van der Waals surface area (Å²) in [7, 11) is 0. The fourth-order valence-electron chi connectivity index (χ4n) is 4.88. The van der Waals surface area contributed by atoms with Crippen LogP contribution in [0.1, 0.15) is 60.2 Å². The maximum Gasteiger partial charge on any atom is 0.410 e. The lowest BCUT2D eigenvalue weighted by atomic mass is 10.0. The molecule has 10 nitrogen and oxygen atoms in total. The van der Waals surface area contributed by atoms with Gasteiger partial charge < -0.3 is 24.4 Å². The quantitative estimate of drug-likeness (QED) is 0.535. The Morgan fingerprint density at radius 3 is 2.58 bits per heavy atom. The third-order valence-electron chi connectivity index (χ3n) is 6.81. The van der Waals surface area contributed by atoms with Crippen molar-refractivity contribution in [3.63, 3.8) is 0 Å². The molecule has 38 heavy (non-hydrogen) atoms. The van der Waals surface area contributed by atoms with Gasteiger partial charge in [-0.3, -0.25) is 4.79 Å². The van der Waals surface area contributed by atoms with Gasteiger partial charge in [0.15, 0.2) is 5.65 Å². The number of aryl methyl sites for hydroxylation is 2. The van der Waals surface area contributed by atoms with E-state index in [0.29, 0.717) is 48.0 Å². The number of piperidine rings is 1. The highest BCUT2D eigenvalue weighted by Gasteiger charge is 2.35. The number of likely N-dealkylation sites (tertiary alicyclic amines) is 1. The van der Waals surface area contributed by atoms with Crippen molar-refractivity contribution in [3.8, 4) is 5.75 Å². The number of halogens is 1. The highest BCUT2D eigenvalue weighted by atomic mass is 35.5. The molecule has 0 radical (unpaired) electrons. The van der Waals surface area contributed by atoms with E-state index in [1.165, 1.54) is 4.90 Å². The van der Waals surface area contributed by atoms with Crippen LogP contribution >= 0.6 is 11.6 Å². The van der Waals surface area contributed by atoms with Crippen LogP contribution in [0.4, 0.5) is 4.79 Å². The molecule has 0 saturated carbocycles. The topological polar surface area (TPSA) is 110 Å². The van der Waals surface area contributed by atoms with E-state index in [1.54, 1.807) is 54.5 Å². The van der Waals surface area contributed by atoms with Crippen LogP contribution in [0.15, 0.2) is 24.3 Å². The molecule has 2 aromatic heterocycles. The number of hydrogen-bond acceptors (Lipinski definition) is 7. The molecule has 1 fully saturated rings. The maximum atomic E-state index is 13.6. The van der Waals surface area contributed by atoms with E-state index in [1.807, 2.05) is 13.8 Å². The zero-order valence-electron chi connectivity index (χ0n) is 22.2. The molecule has 2 atom stereocenters. The van der Waals surface area contributed by atoms with Gasteiger partial charge in [-0.1, -0.05) is 23.7 Å². The molecule has 5 rings (SSSR count). The van der Waals surface area contributed by atoms with Crippen molar-refractivity contribution in [2.45, 2.75) is 71.9 Å². The number of nitrogens with zero attached hydrogens (tertiary/aromatic N) is 5. The highest BCUT2D eigenvalue weighted by molar-refractivity contribution is 6.31. The van der Waals surface area contributed by atoms with Gasteiger partial charge >= 0.3 is 6.09 Å². The Kier molecular flexibility index (Phi) is 6.73. The molecule has 11 heteroatoms. The molecule has 2 aliphatic heterocycles. The van der Waals surface area contributed by atoms with Crippen molar-refractivity contribution in [1.29, 1.82) is 0 Å². The zero-order valence-corrected chi connectivity index (χ0v) is 22.9. The number of ether oxygens (including phenoxy) is 2. The highest BCUT2D eigenvalue weighted by Crippen LogP contribution is 2.32. The second-order valence-corrected chi connectivity index (χ2v) is 11.2. The van der Waals surface area contributed by atoms with Crippen molar-refractivity contribution in [3.05, 3.63) is 57.5 Å². The Morgan fingerprint density at radius 2 is 1.87 bits per heavy atom. The number of fused-ring (bicyclic) bond motifs is 3. The predicted octanol–water partition coefficient (Wildman–Crippen LogP) is 3.90. The Morgan fingerprint density at radius 1 is 1.13 bits per heavy atom. The Hall–Kier alpha value is -3.37. The van der Waals surface area contributed by atoms with Gasteiger partial charge in [0, 0.05) is 18.5 Å². The SMILES string of the molecule is Cc1nc2c3c(nn2c(C)c1Cl)CN(C(=O)c1ccccc1OC1CCN(C(=O)OC(C)(C)C)CC1O)C3. The number of hydrogen-bond donors (Lipinski definition) is 1. The molecule has 0 bridgehead atoms. The molecule has 1 saturated heterocycles. The van der Waals surface area contributed by atoms with Crippen LogP contribution in [0, 0.1) is 13.8 Å². The first-order valence-corrected chi connectivity index (χ1v) is 13.0. The number of aliphatic hydroxyl groups excluding tert-OH is 1. The van der Waals surface area contributed by atoms with Gasteiger partial charge in [-0.05, 0) is 46.8 Å². The third-order valence-corrected chi connectivity index (χ3v) is 7.36. The molecule has 2 aliphatic rings. The molecule has 1 N–H and O–H groups in total. The lowest BCUT2D eigenvalue weighted by Gasteiger charge is -2.36. The monoisotopic (exact) mass is 541 g/mol. The summed E-state index contributed by atoms with van der Waals surface area (Å²) >= 11 is 6.35. The lowest BCUT2D eigenvalue weighted by molar-refractivity contribution is -0.0376. The largest absolute Gasteiger partial charge is 0.487 e. The molecule has 0 spiro atoms. The first kappa shape index (κ1) is 26.2. The van der Waals surface area contributed by atoms with E-state index in [9.17, 15) is 14.7 Å². The number of para-hydroxylation sites is 1. The van der Waals surface area contributed by atoms with Crippen molar-refractivity contribution >= 4 is 29.2 Å². The average molecular weight is 542 g/mol. The molecule has 3 aromatic rings. The maximum absolute atomic E-state index is 13.6. The van der Waals surface area contributed by atoms with Gasteiger partial charge in [0.25, 0.3) is 5.91 Å². The zero-order chi connectivity index (χ0) is 27.4. The van der Waals surface area contributed by atoms with Crippen LogP contribution in [0.5, 0.6) is 5.75 Å². The van der Waals surface area contributed by atoms with Gasteiger partial charge in [-0.15, -0.1) is 0 Å². The third kappa shape index (κ3) is 4.90. The van der Waals surface area contributed by atoms with Crippen LogP contribution < -0.4 is 4.74 Å². The second kappa shape index (κ2) is 9.74. The van der Waals surface area contributed by atoms with E-state index >= 15 is 0 Å². The molecule has 2 unspecified atom stereocenters. The predicted molar refractivity (Wildman–Crippen MR) is 140 cm³/mol. The smallest absolute Gasteiger partial charge is 0.410 e. The fourth-order valence-corrected chi connectivity index (χ4v) is 5.00. The molecular weight excluding hydrogens is 510 g/mol. The standard InChI is InChI=1S/C27H32ClN5O5/c1-15-23(28)16(2)33-24(29-15)18-12-32(13-19(18)30-33)25(35)17-8-6-7-9-21(17)37-22-10-11-31(14-20(22)34)26(36)38-27(3,4)5/h6-9,20,22,34H,10-14H2,1-5H3. The normalized spacial score (nSPS) is 19.6. The van der Waals surface area contributed by atoms with Gasteiger partial charge in [-0.25, -0.2) is 14.3 Å². The molecule has 2 amide bonds. The number of rotatable bonds is 3. The first-order valence-electron chi connectivity index (χ1n) is 12.7. The number of β-amino-alcohol motifs (C(OH)–C–C–N with tert-alkyl or cyclic N) is 1. The molecular formula is C27H32ClN5O5. The van der Waals surface area contributed by atoms with E-state index in [-0.39, 0.29) is 12.5 Å². The number of benzene rings is 1. The number of aliphatic hydroxyl groups is 1. The Bertz CT molecular complexity index is 1420.